The van der Waals surface area contributed by atoms with Gasteiger partial charge in [0.2, 0.25) is 0 Å². The molecule has 1 aromatic rings. The van der Waals surface area contributed by atoms with Crippen LogP contribution < -0.4 is 5.32 Å². The number of nitrogens with one attached hydrogen (secondary N) is 2. The lowest BCUT2D eigenvalue weighted by atomic mass is 10.0. The topological polar surface area (TPSA) is 98.3 Å². The Morgan fingerprint density at radius 2 is 2.43 bits per heavy atom. The molecule has 2 amide bonds. The van der Waals surface area contributed by atoms with E-state index < -0.39 is 12.0 Å². The summed E-state index contributed by atoms with van der Waals surface area (Å²) in [5, 5.41) is 12.3. The highest BCUT2D eigenvalue weighted by molar-refractivity contribution is 7.98. The molecule has 0 saturated carbocycles. The Hall–Kier alpha value is -1.70. The van der Waals surface area contributed by atoms with Crippen LogP contribution in [0.25, 0.3) is 0 Å². The summed E-state index contributed by atoms with van der Waals surface area (Å²) >= 11 is 1.65. The molecule has 0 saturated heterocycles. The fourth-order valence-corrected chi connectivity index (χ4v) is 3.11. The molecule has 0 aromatic carbocycles. The average Bonchev–Trinajstić information content (AvgIpc) is 2.92. The van der Waals surface area contributed by atoms with Gasteiger partial charge in [0.1, 0.15) is 6.04 Å². The molecule has 2 atom stereocenters. The highest BCUT2D eigenvalue weighted by Gasteiger charge is 2.36. The van der Waals surface area contributed by atoms with Crippen LogP contribution in [0.3, 0.4) is 0 Å². The van der Waals surface area contributed by atoms with Crippen LogP contribution >= 0.6 is 11.8 Å². The minimum atomic E-state index is -1.00. The number of aromatic nitrogens is 2. The molecule has 0 bridgehead atoms. The van der Waals surface area contributed by atoms with Gasteiger partial charge in [0.05, 0.1) is 24.3 Å². The molecule has 2 unspecified atom stereocenters. The SMILES string of the molecule is CCC(CSC)NC(=O)N1Cc2[nH]cnc2CC1C(=O)O. The third kappa shape index (κ3) is 3.49. The number of carboxylic acids is 1. The Kier molecular flexibility index (Phi) is 5.11. The highest BCUT2D eigenvalue weighted by Crippen LogP contribution is 2.21. The van der Waals surface area contributed by atoms with Crippen molar-refractivity contribution < 1.29 is 14.7 Å². The van der Waals surface area contributed by atoms with Gasteiger partial charge in [-0.3, -0.25) is 0 Å². The minimum absolute atomic E-state index is 0.0464. The van der Waals surface area contributed by atoms with E-state index in [2.05, 4.69) is 15.3 Å². The molecule has 7 nitrogen and oxygen atoms in total. The number of rotatable bonds is 5. The Bertz CT molecular complexity index is 519. The Morgan fingerprint density at radius 1 is 1.67 bits per heavy atom. The number of imidazole rings is 1. The number of H-pyrrole nitrogens is 1. The molecule has 116 valence electrons. The summed E-state index contributed by atoms with van der Waals surface area (Å²) in [6.07, 6.45) is 4.56. The smallest absolute Gasteiger partial charge is 0.326 e. The molecule has 0 spiro atoms. The van der Waals surface area contributed by atoms with Crippen LogP contribution in [-0.4, -0.2) is 56.1 Å². The van der Waals surface area contributed by atoms with Gasteiger partial charge in [0.25, 0.3) is 0 Å². The standard InChI is InChI=1S/C13H20N4O3S/c1-3-8(6-21-2)16-13(20)17-5-10-9(14-7-15-10)4-11(17)12(18)19/h7-8,11H,3-6H2,1-2H3,(H,14,15)(H,16,20)(H,18,19). The van der Waals surface area contributed by atoms with Gasteiger partial charge in [-0.15, -0.1) is 0 Å². The first kappa shape index (κ1) is 15.7. The lowest BCUT2D eigenvalue weighted by molar-refractivity contribution is -0.142. The Morgan fingerprint density at radius 3 is 3.05 bits per heavy atom. The third-order valence-electron chi connectivity index (χ3n) is 3.63. The maximum atomic E-state index is 12.4. The van der Waals surface area contributed by atoms with E-state index in [1.807, 2.05) is 13.2 Å². The summed E-state index contributed by atoms with van der Waals surface area (Å²) in [4.78, 5) is 32.3. The predicted molar refractivity (Wildman–Crippen MR) is 80.3 cm³/mol. The number of nitrogens with zero attached hydrogens (tertiary/aromatic N) is 2. The van der Waals surface area contributed by atoms with Crippen molar-refractivity contribution in [3.8, 4) is 0 Å². The van der Waals surface area contributed by atoms with E-state index in [9.17, 15) is 14.7 Å². The normalized spacial score (nSPS) is 19.0. The van der Waals surface area contributed by atoms with Crippen molar-refractivity contribution in [2.45, 2.75) is 38.4 Å². The Labute approximate surface area is 127 Å². The van der Waals surface area contributed by atoms with Crippen molar-refractivity contribution >= 4 is 23.8 Å². The first-order valence-corrected chi connectivity index (χ1v) is 8.26. The summed E-state index contributed by atoms with van der Waals surface area (Å²) < 4.78 is 0. The van der Waals surface area contributed by atoms with Crippen LogP contribution in [0.4, 0.5) is 4.79 Å². The molecule has 0 aliphatic carbocycles. The van der Waals surface area contributed by atoms with Crippen molar-refractivity contribution in [1.82, 2.24) is 20.2 Å². The van der Waals surface area contributed by atoms with Gasteiger partial charge in [-0.1, -0.05) is 6.92 Å². The summed E-state index contributed by atoms with van der Waals surface area (Å²) in [6.45, 7) is 2.24. The van der Waals surface area contributed by atoms with Crippen LogP contribution in [0.1, 0.15) is 24.7 Å². The number of carbonyl (C=O) groups is 2. The second-order valence-corrected chi connectivity index (χ2v) is 5.93. The number of amides is 2. The lowest BCUT2D eigenvalue weighted by Gasteiger charge is -2.33. The molecule has 2 heterocycles. The summed E-state index contributed by atoms with van der Waals surface area (Å²) in [5.41, 5.74) is 1.53. The number of hydrogen-bond donors (Lipinski definition) is 3. The quantitative estimate of drug-likeness (QED) is 0.755. The van der Waals surface area contributed by atoms with E-state index in [1.54, 1.807) is 11.8 Å². The van der Waals surface area contributed by atoms with Gasteiger partial charge in [-0.2, -0.15) is 11.8 Å². The van der Waals surface area contributed by atoms with Gasteiger partial charge in [0.15, 0.2) is 0 Å². The van der Waals surface area contributed by atoms with Crippen LogP contribution in [0.15, 0.2) is 6.33 Å². The van der Waals surface area contributed by atoms with Crippen LogP contribution in [-0.2, 0) is 17.8 Å². The van der Waals surface area contributed by atoms with Gasteiger partial charge < -0.3 is 20.3 Å². The van der Waals surface area contributed by atoms with Crippen LogP contribution in [0, 0.1) is 0 Å². The van der Waals surface area contributed by atoms with Gasteiger partial charge in [-0.25, -0.2) is 14.6 Å². The van der Waals surface area contributed by atoms with Crippen molar-refractivity contribution in [1.29, 1.82) is 0 Å². The number of carboxylic acid groups (broad SMARTS) is 1. The average molecular weight is 312 g/mol. The van der Waals surface area contributed by atoms with E-state index in [1.165, 1.54) is 11.2 Å². The second kappa shape index (κ2) is 6.84. The fourth-order valence-electron chi connectivity index (χ4n) is 2.39. The third-order valence-corrected chi connectivity index (χ3v) is 4.37. The number of fused-ring (bicyclic) bond motifs is 1. The van der Waals surface area contributed by atoms with Gasteiger partial charge in [0, 0.05) is 18.2 Å². The number of aromatic amines is 1. The monoisotopic (exact) mass is 312 g/mol. The van der Waals surface area contributed by atoms with Crippen LogP contribution in [0.2, 0.25) is 0 Å². The first-order chi connectivity index (χ1) is 10.1. The van der Waals surface area contributed by atoms with E-state index in [0.29, 0.717) is 0 Å². The van der Waals surface area contributed by atoms with Crippen LogP contribution in [0.5, 0.6) is 0 Å². The number of carbonyl (C=O) groups excluding carboxylic acids is 1. The number of thioether (sulfide) groups is 1. The zero-order valence-corrected chi connectivity index (χ0v) is 12.9. The molecule has 1 aliphatic heterocycles. The van der Waals surface area contributed by atoms with Gasteiger partial charge in [-0.05, 0) is 12.7 Å². The summed E-state index contributed by atoms with van der Waals surface area (Å²) in [6, 6.07) is -1.15. The van der Waals surface area contributed by atoms with E-state index in [-0.39, 0.29) is 25.0 Å². The van der Waals surface area contributed by atoms with Crippen molar-refractivity contribution in [3.63, 3.8) is 0 Å². The fraction of sp³-hybridized carbons (Fsp3) is 0.615. The largest absolute Gasteiger partial charge is 0.480 e. The maximum absolute atomic E-state index is 12.4. The predicted octanol–water partition coefficient (Wildman–Crippen LogP) is 1.07. The lowest BCUT2D eigenvalue weighted by Crippen LogP contribution is -2.54. The minimum Gasteiger partial charge on any atom is -0.480 e. The van der Waals surface area contributed by atoms with E-state index >= 15 is 0 Å². The number of hydrogen-bond acceptors (Lipinski definition) is 4. The van der Waals surface area contributed by atoms with Crippen molar-refractivity contribution in [2.24, 2.45) is 0 Å². The molecular formula is C13H20N4O3S. The number of aliphatic carboxylic acids is 1. The second-order valence-electron chi connectivity index (χ2n) is 5.02. The van der Waals surface area contributed by atoms with Crippen molar-refractivity contribution in [2.75, 3.05) is 12.0 Å². The van der Waals surface area contributed by atoms with Crippen molar-refractivity contribution in [3.05, 3.63) is 17.7 Å². The molecule has 1 aliphatic rings. The molecule has 2 rings (SSSR count). The molecule has 0 radical (unpaired) electrons. The zero-order valence-electron chi connectivity index (χ0n) is 12.1. The van der Waals surface area contributed by atoms with E-state index in [4.69, 9.17) is 0 Å². The summed E-state index contributed by atoms with van der Waals surface area (Å²) in [7, 11) is 0. The maximum Gasteiger partial charge on any atom is 0.326 e. The first-order valence-electron chi connectivity index (χ1n) is 6.86. The molecule has 21 heavy (non-hydrogen) atoms. The Balaban J connectivity index is 2.12. The molecule has 0 fully saturated rings. The van der Waals surface area contributed by atoms with E-state index in [0.717, 1.165) is 23.6 Å². The summed E-state index contributed by atoms with van der Waals surface area (Å²) in [5.74, 6) is -0.194. The molecule has 3 N–H and O–H groups in total. The number of urea groups is 1. The highest BCUT2D eigenvalue weighted by atomic mass is 32.2. The van der Waals surface area contributed by atoms with Gasteiger partial charge >= 0.3 is 12.0 Å². The molecule has 8 heteroatoms. The molecular weight excluding hydrogens is 292 g/mol. The zero-order chi connectivity index (χ0) is 15.4. The molecule has 1 aromatic heterocycles.